The van der Waals surface area contributed by atoms with Crippen LogP contribution in [0.4, 0.5) is 10.1 Å². The molecule has 0 saturated carbocycles. The fraction of sp³-hybridized carbons (Fsp3) is 0.222. The van der Waals surface area contributed by atoms with Crippen LogP contribution >= 0.6 is 0 Å². The van der Waals surface area contributed by atoms with E-state index >= 15 is 0 Å². The zero-order valence-electron chi connectivity index (χ0n) is 13.1. The first-order chi connectivity index (χ1) is 11.0. The molecule has 2 amide bonds. The fourth-order valence-electron chi connectivity index (χ4n) is 1.88. The van der Waals surface area contributed by atoms with Crippen molar-refractivity contribution in [3.8, 4) is 0 Å². The number of nitrogens with one attached hydrogen (secondary N) is 2. The van der Waals surface area contributed by atoms with Crippen LogP contribution in [0.5, 0.6) is 0 Å². The smallest absolute Gasteiger partial charge is 0.251 e. The Labute approximate surface area is 134 Å². The summed E-state index contributed by atoms with van der Waals surface area (Å²) in [4.78, 5) is 23.5. The van der Waals surface area contributed by atoms with E-state index in [2.05, 4.69) is 10.6 Å². The number of hydrogen-bond acceptors (Lipinski definition) is 2. The lowest BCUT2D eigenvalue weighted by Crippen LogP contribution is -2.22. The van der Waals surface area contributed by atoms with Crippen LogP contribution in [0.15, 0.2) is 48.5 Å². The van der Waals surface area contributed by atoms with Gasteiger partial charge in [0.15, 0.2) is 0 Å². The number of hydrogen-bond donors (Lipinski definition) is 2. The Morgan fingerprint density at radius 3 is 2.17 bits per heavy atom. The van der Waals surface area contributed by atoms with Gasteiger partial charge < -0.3 is 10.6 Å². The molecule has 0 aliphatic rings. The highest BCUT2D eigenvalue weighted by Gasteiger charge is 2.07. The second-order valence-electron chi connectivity index (χ2n) is 5.53. The van der Waals surface area contributed by atoms with Crippen molar-refractivity contribution in [1.29, 1.82) is 0 Å². The molecule has 0 atom stereocenters. The average Bonchev–Trinajstić information content (AvgIpc) is 2.54. The Kier molecular flexibility index (Phi) is 5.46. The summed E-state index contributed by atoms with van der Waals surface area (Å²) in [5.74, 6) is -0.755. The third-order valence-electron chi connectivity index (χ3n) is 3.31. The summed E-state index contributed by atoms with van der Waals surface area (Å²) >= 11 is 0. The average molecular weight is 314 g/mol. The second kappa shape index (κ2) is 7.54. The number of amides is 2. The van der Waals surface area contributed by atoms with Crippen molar-refractivity contribution in [2.45, 2.75) is 20.4 Å². The molecule has 0 fully saturated rings. The minimum atomic E-state index is -0.374. The van der Waals surface area contributed by atoms with Gasteiger partial charge in [-0.05, 0) is 42.0 Å². The maximum atomic E-state index is 12.8. The van der Waals surface area contributed by atoms with Gasteiger partial charge >= 0.3 is 0 Å². The molecule has 0 heterocycles. The van der Waals surface area contributed by atoms with E-state index in [4.69, 9.17) is 0 Å². The monoisotopic (exact) mass is 314 g/mol. The molecule has 120 valence electrons. The van der Waals surface area contributed by atoms with Crippen LogP contribution in [-0.4, -0.2) is 11.8 Å². The number of carbonyl (C=O) groups is 2. The highest BCUT2D eigenvalue weighted by molar-refractivity contribution is 5.94. The molecule has 23 heavy (non-hydrogen) atoms. The molecule has 4 nitrogen and oxygen atoms in total. The minimum absolute atomic E-state index is 0.0395. The van der Waals surface area contributed by atoms with Gasteiger partial charge in [0, 0.05) is 23.7 Å². The molecule has 2 N–H and O–H groups in total. The highest BCUT2D eigenvalue weighted by atomic mass is 19.1. The summed E-state index contributed by atoms with van der Waals surface area (Å²) in [5.41, 5.74) is 2.03. The molecule has 0 aliphatic carbocycles. The summed E-state index contributed by atoms with van der Waals surface area (Å²) in [6.07, 6.45) is 0. The van der Waals surface area contributed by atoms with Gasteiger partial charge in [-0.15, -0.1) is 0 Å². The topological polar surface area (TPSA) is 58.2 Å². The van der Waals surface area contributed by atoms with Gasteiger partial charge in [0.1, 0.15) is 5.82 Å². The van der Waals surface area contributed by atoms with Crippen LogP contribution in [0.25, 0.3) is 0 Å². The molecule has 2 rings (SSSR count). The molecule has 0 aromatic heterocycles. The summed E-state index contributed by atoms with van der Waals surface area (Å²) < 4.78 is 12.8. The minimum Gasteiger partial charge on any atom is -0.348 e. The number of benzene rings is 2. The molecular weight excluding hydrogens is 295 g/mol. The number of carbonyl (C=O) groups excluding carboxylic acids is 2. The predicted octanol–water partition coefficient (Wildman–Crippen LogP) is 3.35. The van der Waals surface area contributed by atoms with Crippen LogP contribution < -0.4 is 10.6 Å². The Balaban J connectivity index is 1.90. The van der Waals surface area contributed by atoms with Gasteiger partial charge in [0.25, 0.3) is 5.91 Å². The fourth-order valence-corrected chi connectivity index (χ4v) is 1.88. The van der Waals surface area contributed by atoms with Crippen molar-refractivity contribution in [2.24, 2.45) is 5.92 Å². The Morgan fingerprint density at radius 2 is 1.61 bits per heavy atom. The van der Waals surface area contributed by atoms with Crippen molar-refractivity contribution >= 4 is 17.5 Å². The van der Waals surface area contributed by atoms with Crippen LogP contribution in [0.3, 0.4) is 0 Å². The molecule has 0 unspecified atom stereocenters. The van der Waals surface area contributed by atoms with Crippen molar-refractivity contribution in [3.05, 3.63) is 65.5 Å². The lowest BCUT2D eigenvalue weighted by molar-refractivity contribution is -0.118. The van der Waals surface area contributed by atoms with Crippen LogP contribution in [0.2, 0.25) is 0 Å². The van der Waals surface area contributed by atoms with Crippen molar-refractivity contribution in [1.82, 2.24) is 5.32 Å². The molecule has 2 aromatic carbocycles. The maximum absolute atomic E-state index is 12.8. The van der Waals surface area contributed by atoms with Crippen LogP contribution in [0, 0.1) is 11.7 Å². The maximum Gasteiger partial charge on any atom is 0.251 e. The van der Waals surface area contributed by atoms with Gasteiger partial charge in [-0.25, -0.2) is 4.39 Å². The molecule has 0 spiro atoms. The Bertz CT molecular complexity index is 679. The Hall–Kier alpha value is -2.69. The van der Waals surface area contributed by atoms with E-state index < -0.39 is 0 Å². The normalized spacial score (nSPS) is 10.4. The van der Waals surface area contributed by atoms with E-state index in [0.29, 0.717) is 12.1 Å². The molecule has 0 saturated heterocycles. The lowest BCUT2D eigenvalue weighted by atomic mass is 10.1. The molecule has 5 heteroatoms. The largest absolute Gasteiger partial charge is 0.348 e. The first-order valence-electron chi connectivity index (χ1n) is 7.39. The summed E-state index contributed by atoms with van der Waals surface area (Å²) in [6, 6.07) is 12.6. The van der Waals surface area contributed by atoms with E-state index in [1.54, 1.807) is 12.1 Å². The molecule has 0 aliphatic heterocycles. The molecule has 2 aromatic rings. The van der Waals surface area contributed by atoms with E-state index in [0.717, 1.165) is 11.3 Å². The molecule has 0 radical (unpaired) electrons. The van der Waals surface area contributed by atoms with Crippen molar-refractivity contribution in [3.63, 3.8) is 0 Å². The molecular formula is C18H19FN2O2. The second-order valence-corrected chi connectivity index (χ2v) is 5.53. The highest BCUT2D eigenvalue weighted by Crippen LogP contribution is 2.11. The quantitative estimate of drug-likeness (QED) is 0.889. The van der Waals surface area contributed by atoms with E-state index in [-0.39, 0.29) is 23.5 Å². The van der Waals surface area contributed by atoms with Gasteiger partial charge in [0.05, 0.1) is 0 Å². The van der Waals surface area contributed by atoms with Crippen molar-refractivity contribution in [2.75, 3.05) is 5.32 Å². The van der Waals surface area contributed by atoms with Crippen LogP contribution in [0.1, 0.15) is 29.8 Å². The first-order valence-corrected chi connectivity index (χ1v) is 7.39. The first kappa shape index (κ1) is 16.7. The van der Waals surface area contributed by atoms with Gasteiger partial charge in [-0.1, -0.05) is 26.0 Å². The third kappa shape index (κ3) is 4.92. The van der Waals surface area contributed by atoms with Gasteiger partial charge in [-0.3, -0.25) is 9.59 Å². The van der Waals surface area contributed by atoms with Gasteiger partial charge in [0.2, 0.25) is 5.91 Å². The lowest BCUT2D eigenvalue weighted by Gasteiger charge is -2.09. The third-order valence-corrected chi connectivity index (χ3v) is 3.31. The van der Waals surface area contributed by atoms with Crippen LogP contribution in [-0.2, 0) is 11.3 Å². The van der Waals surface area contributed by atoms with E-state index in [9.17, 15) is 14.0 Å². The number of anilines is 1. The van der Waals surface area contributed by atoms with Gasteiger partial charge in [-0.2, -0.15) is 0 Å². The van der Waals surface area contributed by atoms with E-state index in [1.807, 2.05) is 26.0 Å². The molecule has 0 bridgehead atoms. The summed E-state index contributed by atoms with van der Waals surface area (Å²) in [7, 11) is 0. The number of rotatable bonds is 5. The predicted molar refractivity (Wildman–Crippen MR) is 87.5 cm³/mol. The summed E-state index contributed by atoms with van der Waals surface area (Å²) in [5, 5.41) is 5.57. The standard InChI is InChI=1S/C18H19FN2O2/c1-12(2)17(22)21-16-9-3-13(4-10-16)11-20-18(23)14-5-7-15(19)8-6-14/h3-10,12H,11H2,1-2H3,(H,20,23)(H,21,22). The zero-order chi connectivity index (χ0) is 16.8. The summed E-state index contributed by atoms with van der Waals surface area (Å²) in [6.45, 7) is 4.01. The number of halogens is 1. The van der Waals surface area contributed by atoms with Crippen molar-refractivity contribution < 1.29 is 14.0 Å². The zero-order valence-corrected chi connectivity index (χ0v) is 13.1. The Morgan fingerprint density at radius 1 is 1.00 bits per heavy atom. The van der Waals surface area contributed by atoms with E-state index in [1.165, 1.54) is 24.3 Å². The SMILES string of the molecule is CC(C)C(=O)Nc1ccc(CNC(=O)c2ccc(F)cc2)cc1.